The SMILES string of the molecule is COc1cc(OCCCCCOc2cc(OC)c3c(=O)cc(C(=O)O)oc3c2)cc2oc(C(=O)O)cc(=O)c12. The van der Waals surface area contributed by atoms with Crippen molar-refractivity contribution in [2.24, 2.45) is 0 Å². The quantitative estimate of drug-likeness (QED) is 0.248. The summed E-state index contributed by atoms with van der Waals surface area (Å²) in [4.78, 5) is 47.0. The average Bonchev–Trinajstić information content (AvgIpc) is 2.90. The van der Waals surface area contributed by atoms with E-state index in [0.29, 0.717) is 37.6 Å². The molecule has 0 aliphatic carbocycles. The molecule has 204 valence electrons. The Hall–Kier alpha value is -5.00. The van der Waals surface area contributed by atoms with Crippen LogP contribution in [0.25, 0.3) is 21.9 Å². The Labute approximate surface area is 219 Å². The molecule has 12 heteroatoms. The predicted molar refractivity (Wildman–Crippen MR) is 137 cm³/mol. The van der Waals surface area contributed by atoms with Gasteiger partial charge in [0.1, 0.15) is 44.9 Å². The van der Waals surface area contributed by atoms with Gasteiger partial charge in [0.05, 0.1) is 27.4 Å². The van der Waals surface area contributed by atoms with E-state index in [2.05, 4.69) is 0 Å². The minimum absolute atomic E-state index is 0.0415. The minimum Gasteiger partial charge on any atom is -0.496 e. The summed E-state index contributed by atoms with van der Waals surface area (Å²) < 4.78 is 32.6. The first-order chi connectivity index (χ1) is 18.7. The molecule has 0 amide bonds. The molecule has 2 heterocycles. The molecule has 0 atom stereocenters. The van der Waals surface area contributed by atoms with Gasteiger partial charge in [0.15, 0.2) is 10.9 Å². The van der Waals surface area contributed by atoms with Crippen LogP contribution in [0.15, 0.2) is 54.8 Å². The minimum atomic E-state index is -1.36. The number of hydrogen-bond donors (Lipinski definition) is 2. The van der Waals surface area contributed by atoms with Crippen molar-refractivity contribution in [1.82, 2.24) is 0 Å². The molecular weight excluding hydrogens is 516 g/mol. The fourth-order valence-electron chi connectivity index (χ4n) is 3.92. The highest BCUT2D eigenvalue weighted by molar-refractivity contribution is 5.91. The predicted octanol–water partition coefficient (Wildman–Crippen LogP) is 3.94. The largest absolute Gasteiger partial charge is 0.496 e. The molecule has 0 radical (unpaired) electrons. The molecule has 0 aliphatic rings. The van der Waals surface area contributed by atoms with Gasteiger partial charge in [-0.25, -0.2) is 9.59 Å². The van der Waals surface area contributed by atoms with Crippen LogP contribution in [0.5, 0.6) is 23.0 Å². The fraction of sp³-hybridized carbons (Fsp3) is 0.259. The second-order valence-corrected chi connectivity index (χ2v) is 8.32. The fourth-order valence-corrected chi connectivity index (χ4v) is 3.92. The lowest BCUT2D eigenvalue weighted by Crippen LogP contribution is -2.08. The normalized spacial score (nSPS) is 10.9. The molecule has 0 aliphatic heterocycles. The van der Waals surface area contributed by atoms with Crippen LogP contribution in [-0.4, -0.2) is 49.6 Å². The van der Waals surface area contributed by atoms with Gasteiger partial charge in [-0.1, -0.05) is 0 Å². The first-order valence-electron chi connectivity index (χ1n) is 11.8. The molecule has 12 nitrogen and oxygen atoms in total. The van der Waals surface area contributed by atoms with Gasteiger partial charge < -0.3 is 38.0 Å². The van der Waals surface area contributed by atoms with Crippen LogP contribution >= 0.6 is 0 Å². The van der Waals surface area contributed by atoms with Crippen molar-refractivity contribution < 1.29 is 47.6 Å². The topological polar surface area (TPSA) is 172 Å². The lowest BCUT2D eigenvalue weighted by atomic mass is 10.2. The van der Waals surface area contributed by atoms with Gasteiger partial charge in [-0.05, 0) is 19.3 Å². The highest BCUT2D eigenvalue weighted by Gasteiger charge is 2.17. The molecule has 2 N–H and O–H groups in total. The first kappa shape index (κ1) is 27.0. The molecular formula is C27H24O12. The van der Waals surface area contributed by atoms with Gasteiger partial charge in [-0.2, -0.15) is 0 Å². The average molecular weight is 540 g/mol. The lowest BCUT2D eigenvalue weighted by Gasteiger charge is -2.11. The maximum Gasteiger partial charge on any atom is 0.371 e. The van der Waals surface area contributed by atoms with Crippen LogP contribution in [0.3, 0.4) is 0 Å². The highest BCUT2D eigenvalue weighted by atomic mass is 16.5. The zero-order chi connectivity index (χ0) is 28.1. The van der Waals surface area contributed by atoms with E-state index in [9.17, 15) is 19.2 Å². The zero-order valence-corrected chi connectivity index (χ0v) is 21.0. The first-order valence-corrected chi connectivity index (χ1v) is 11.8. The van der Waals surface area contributed by atoms with Crippen molar-refractivity contribution in [2.45, 2.75) is 19.3 Å². The molecule has 0 unspecified atom stereocenters. The Kier molecular flexibility index (Phi) is 8.04. The van der Waals surface area contributed by atoms with E-state index in [1.54, 1.807) is 0 Å². The summed E-state index contributed by atoms with van der Waals surface area (Å²) in [5.41, 5.74) is -0.990. The monoisotopic (exact) mass is 540 g/mol. The van der Waals surface area contributed by atoms with Gasteiger partial charge in [0.2, 0.25) is 11.5 Å². The number of unbranched alkanes of at least 4 members (excludes halogenated alkanes) is 2. The van der Waals surface area contributed by atoms with Crippen molar-refractivity contribution in [3.8, 4) is 23.0 Å². The molecule has 0 fully saturated rings. The van der Waals surface area contributed by atoms with Crippen LogP contribution in [0, 0.1) is 0 Å². The van der Waals surface area contributed by atoms with E-state index in [0.717, 1.165) is 18.6 Å². The third-order valence-electron chi connectivity index (χ3n) is 5.72. The van der Waals surface area contributed by atoms with Gasteiger partial charge in [0, 0.05) is 36.4 Å². The van der Waals surface area contributed by atoms with Gasteiger partial charge in [-0.3, -0.25) is 9.59 Å². The number of aromatic carboxylic acids is 2. The second-order valence-electron chi connectivity index (χ2n) is 8.32. The standard InChI is InChI=1S/C27H24O12/c1-34-18-8-14(10-20-24(18)16(28)12-22(38-20)26(30)31)36-6-4-3-5-7-37-15-9-19(35-2)25-17(29)13-23(27(32)33)39-21(25)11-15/h8-13H,3-7H2,1-2H3,(H,30,31)(H,32,33). The zero-order valence-electron chi connectivity index (χ0n) is 21.0. The summed E-state index contributed by atoms with van der Waals surface area (Å²) in [6.07, 6.45) is 2.04. The number of fused-ring (bicyclic) bond motifs is 2. The third kappa shape index (κ3) is 5.95. The molecule has 2 aromatic carbocycles. The van der Waals surface area contributed by atoms with Crippen molar-refractivity contribution in [2.75, 3.05) is 27.4 Å². The van der Waals surface area contributed by atoms with E-state index in [4.69, 9.17) is 38.0 Å². The Bertz CT molecular complexity index is 1540. The number of rotatable bonds is 12. The third-order valence-corrected chi connectivity index (χ3v) is 5.72. The molecule has 4 aromatic rings. The molecule has 2 aromatic heterocycles. The molecule has 4 rings (SSSR count). The number of benzene rings is 2. The van der Waals surface area contributed by atoms with E-state index in [-0.39, 0.29) is 33.4 Å². The summed E-state index contributed by atoms with van der Waals surface area (Å²) >= 11 is 0. The van der Waals surface area contributed by atoms with Crippen LogP contribution < -0.4 is 29.8 Å². The van der Waals surface area contributed by atoms with Crippen molar-refractivity contribution >= 4 is 33.9 Å². The molecule has 0 saturated carbocycles. The second kappa shape index (κ2) is 11.6. The summed E-state index contributed by atoms with van der Waals surface area (Å²) in [7, 11) is 2.76. The van der Waals surface area contributed by atoms with E-state index in [1.807, 2.05) is 0 Å². The lowest BCUT2D eigenvalue weighted by molar-refractivity contribution is 0.0653. The van der Waals surface area contributed by atoms with Crippen LogP contribution in [0.2, 0.25) is 0 Å². The number of carboxylic acids is 2. The van der Waals surface area contributed by atoms with E-state index >= 15 is 0 Å². The van der Waals surface area contributed by atoms with Gasteiger partial charge in [-0.15, -0.1) is 0 Å². The smallest absolute Gasteiger partial charge is 0.371 e. The van der Waals surface area contributed by atoms with E-state index in [1.165, 1.54) is 38.5 Å². The maximum atomic E-state index is 12.3. The number of carboxylic acid groups (broad SMARTS) is 2. The maximum absolute atomic E-state index is 12.3. The summed E-state index contributed by atoms with van der Waals surface area (Å²) in [5, 5.41) is 18.5. The number of carbonyl (C=O) groups is 2. The molecule has 0 saturated heterocycles. The Morgan fingerprint density at radius 1 is 0.667 bits per heavy atom. The number of ether oxygens (including phenoxy) is 4. The molecule has 0 bridgehead atoms. The van der Waals surface area contributed by atoms with Crippen molar-refractivity contribution in [3.05, 3.63) is 68.4 Å². The number of methoxy groups -OCH3 is 2. The van der Waals surface area contributed by atoms with Crippen molar-refractivity contribution in [1.29, 1.82) is 0 Å². The Morgan fingerprint density at radius 3 is 1.44 bits per heavy atom. The van der Waals surface area contributed by atoms with Crippen molar-refractivity contribution in [3.63, 3.8) is 0 Å². The number of hydrogen-bond acceptors (Lipinski definition) is 10. The highest BCUT2D eigenvalue weighted by Crippen LogP contribution is 2.31. The van der Waals surface area contributed by atoms with Gasteiger partial charge >= 0.3 is 11.9 Å². The Balaban J connectivity index is 1.34. The Morgan fingerprint density at radius 2 is 1.08 bits per heavy atom. The molecule has 39 heavy (non-hydrogen) atoms. The summed E-state index contributed by atoms with van der Waals surface area (Å²) in [6, 6.07) is 7.74. The molecule has 0 spiro atoms. The van der Waals surface area contributed by atoms with Crippen LogP contribution in [-0.2, 0) is 0 Å². The van der Waals surface area contributed by atoms with E-state index < -0.39 is 34.3 Å². The van der Waals surface area contributed by atoms with Crippen LogP contribution in [0.1, 0.15) is 40.4 Å². The summed E-state index contributed by atoms with van der Waals surface area (Å²) in [6.45, 7) is 0.648. The summed E-state index contributed by atoms with van der Waals surface area (Å²) in [5.74, 6) is -2.58. The van der Waals surface area contributed by atoms with Gasteiger partial charge in [0.25, 0.3) is 0 Å². The van der Waals surface area contributed by atoms with Crippen LogP contribution in [0.4, 0.5) is 0 Å².